The predicted octanol–water partition coefficient (Wildman–Crippen LogP) is 4.51. The van der Waals surface area contributed by atoms with Crippen molar-refractivity contribution in [2.75, 3.05) is 38.6 Å². The molecule has 1 aliphatic rings. The van der Waals surface area contributed by atoms with E-state index in [2.05, 4.69) is 25.2 Å². The van der Waals surface area contributed by atoms with Crippen LogP contribution in [0.15, 0.2) is 59.7 Å². The Morgan fingerprint density at radius 1 is 1.21 bits per heavy atom. The number of imidazole rings is 1. The summed E-state index contributed by atoms with van der Waals surface area (Å²) in [7, 11) is 3.74. The van der Waals surface area contributed by atoms with Gasteiger partial charge in [-0.1, -0.05) is 30.3 Å². The summed E-state index contributed by atoms with van der Waals surface area (Å²) in [6, 6.07) is 14.2. The second kappa shape index (κ2) is 11.4. The van der Waals surface area contributed by atoms with E-state index in [1.807, 2.05) is 48.5 Å². The lowest BCUT2D eigenvalue weighted by Crippen LogP contribution is -2.41. The number of nitrogens with zero attached hydrogens (tertiary/aromatic N) is 4. The Labute approximate surface area is 210 Å². The highest BCUT2D eigenvalue weighted by atomic mass is 127. The first-order valence-electron chi connectivity index (χ1n) is 10.7. The highest BCUT2D eigenvalue weighted by Gasteiger charge is 2.24. The molecule has 1 fully saturated rings. The van der Waals surface area contributed by atoms with E-state index >= 15 is 0 Å². The molecule has 9 heteroatoms. The van der Waals surface area contributed by atoms with Gasteiger partial charge in [-0.15, -0.1) is 24.0 Å². The van der Waals surface area contributed by atoms with Gasteiger partial charge in [-0.3, -0.25) is 4.99 Å². The molecule has 3 aromatic rings. The highest BCUT2D eigenvalue weighted by Crippen LogP contribution is 2.25. The van der Waals surface area contributed by atoms with Crippen LogP contribution in [0.25, 0.3) is 11.3 Å². The van der Waals surface area contributed by atoms with Crippen LogP contribution < -0.4 is 10.2 Å². The second-order valence-electron chi connectivity index (χ2n) is 8.09. The number of aromatic amines is 1. The fraction of sp³-hybridized carbons (Fsp3) is 0.333. The molecule has 2 heterocycles. The molecule has 0 aliphatic carbocycles. The van der Waals surface area contributed by atoms with E-state index in [-0.39, 0.29) is 24.0 Å². The zero-order valence-electron chi connectivity index (χ0n) is 18.8. The van der Waals surface area contributed by atoms with Gasteiger partial charge in [0.15, 0.2) is 17.6 Å². The molecule has 1 aromatic heterocycles. The summed E-state index contributed by atoms with van der Waals surface area (Å²) in [6.07, 6.45) is 2.82. The number of H-pyrrole nitrogens is 1. The highest BCUT2D eigenvalue weighted by molar-refractivity contribution is 14.0. The molecular formula is C24H29F2IN6. The molecular weight excluding hydrogens is 537 g/mol. The summed E-state index contributed by atoms with van der Waals surface area (Å²) < 4.78 is 26.8. The second-order valence-corrected chi connectivity index (χ2v) is 8.09. The van der Waals surface area contributed by atoms with E-state index in [1.54, 1.807) is 13.1 Å². The number of aliphatic imine (C=N–C) groups is 1. The lowest BCUT2D eigenvalue weighted by molar-refractivity contribution is 0.452. The molecule has 6 nitrogen and oxygen atoms in total. The molecule has 4 rings (SSSR count). The Hall–Kier alpha value is -2.69. The van der Waals surface area contributed by atoms with E-state index in [1.165, 1.54) is 12.1 Å². The molecule has 0 saturated carbocycles. The van der Waals surface area contributed by atoms with Crippen molar-refractivity contribution in [3.8, 4) is 11.3 Å². The minimum absolute atomic E-state index is 0. The largest absolute Gasteiger partial charge is 0.371 e. The summed E-state index contributed by atoms with van der Waals surface area (Å²) in [6.45, 7) is 2.96. The quantitative estimate of drug-likeness (QED) is 0.262. The van der Waals surface area contributed by atoms with Crippen LogP contribution in [0.4, 0.5) is 14.5 Å². The molecule has 0 radical (unpaired) electrons. The van der Waals surface area contributed by atoms with Gasteiger partial charge < -0.3 is 20.1 Å². The molecule has 0 spiro atoms. The lowest BCUT2D eigenvalue weighted by atomic mass is 10.1. The van der Waals surface area contributed by atoms with Crippen LogP contribution in [0.1, 0.15) is 12.2 Å². The lowest BCUT2D eigenvalue weighted by Gasteiger charge is -2.23. The maximum atomic E-state index is 13.6. The van der Waals surface area contributed by atoms with Crippen LogP contribution in [-0.2, 0) is 6.54 Å². The van der Waals surface area contributed by atoms with Crippen molar-refractivity contribution < 1.29 is 8.78 Å². The molecule has 1 atom stereocenters. The van der Waals surface area contributed by atoms with Crippen LogP contribution in [0.3, 0.4) is 0 Å². The van der Waals surface area contributed by atoms with Gasteiger partial charge in [-0.2, -0.15) is 0 Å². The van der Waals surface area contributed by atoms with Gasteiger partial charge in [0.05, 0.1) is 18.4 Å². The molecule has 0 bridgehead atoms. The van der Waals surface area contributed by atoms with Crippen LogP contribution in [-0.4, -0.2) is 54.6 Å². The Balaban J connectivity index is 0.00000306. The van der Waals surface area contributed by atoms with Gasteiger partial charge >= 0.3 is 0 Å². The smallest absolute Gasteiger partial charge is 0.193 e. The van der Waals surface area contributed by atoms with Crippen molar-refractivity contribution >= 4 is 35.6 Å². The van der Waals surface area contributed by atoms with E-state index in [0.29, 0.717) is 12.5 Å². The molecule has 2 aromatic carbocycles. The van der Waals surface area contributed by atoms with Crippen LogP contribution in [0.5, 0.6) is 0 Å². The summed E-state index contributed by atoms with van der Waals surface area (Å²) in [5.74, 6) is 0.417. The van der Waals surface area contributed by atoms with Crippen LogP contribution >= 0.6 is 24.0 Å². The van der Waals surface area contributed by atoms with Crippen molar-refractivity contribution in [1.82, 2.24) is 20.2 Å². The SMILES string of the molecule is CN=C(NCC1CCN(c2ccc(F)c(F)c2)C1)N(C)Cc1ncc(-c2ccccc2)[nH]1.I. The predicted molar refractivity (Wildman–Crippen MR) is 139 cm³/mol. The number of nitrogens with one attached hydrogen (secondary N) is 2. The number of halogens is 3. The van der Waals surface area contributed by atoms with Gasteiger partial charge in [-0.25, -0.2) is 13.8 Å². The monoisotopic (exact) mass is 566 g/mol. The van der Waals surface area contributed by atoms with Crippen molar-refractivity contribution in [3.05, 3.63) is 72.2 Å². The van der Waals surface area contributed by atoms with Crippen molar-refractivity contribution in [1.29, 1.82) is 0 Å². The van der Waals surface area contributed by atoms with Crippen LogP contribution in [0, 0.1) is 17.6 Å². The first kappa shape index (κ1) is 24.9. The average molecular weight is 566 g/mol. The number of guanidine groups is 1. The standard InChI is InChI=1S/C24H28F2N6.HI/c1-27-24(31(2)16-23-28-14-22(30-23)18-6-4-3-5-7-18)29-13-17-10-11-32(15-17)19-8-9-20(25)21(26)12-19;/h3-9,12,14,17H,10-11,13,15-16H2,1-2H3,(H,27,29)(H,28,30);1H. The summed E-state index contributed by atoms with van der Waals surface area (Å²) in [5.41, 5.74) is 2.81. The minimum Gasteiger partial charge on any atom is -0.371 e. The van der Waals surface area contributed by atoms with E-state index in [9.17, 15) is 8.78 Å². The molecule has 176 valence electrons. The van der Waals surface area contributed by atoms with Gasteiger partial charge in [-0.05, 0) is 30.0 Å². The number of benzene rings is 2. The van der Waals surface area contributed by atoms with Crippen molar-refractivity contribution in [2.24, 2.45) is 10.9 Å². The third-order valence-corrected chi connectivity index (χ3v) is 5.78. The summed E-state index contributed by atoms with van der Waals surface area (Å²) in [5, 5.41) is 3.44. The Kier molecular flexibility index (Phi) is 8.65. The van der Waals surface area contributed by atoms with E-state index in [0.717, 1.165) is 54.8 Å². The normalized spacial score (nSPS) is 15.9. The number of hydrogen-bond acceptors (Lipinski definition) is 3. The Bertz CT molecular complexity index is 1070. The first-order chi connectivity index (χ1) is 15.5. The van der Waals surface area contributed by atoms with Gasteiger partial charge in [0.2, 0.25) is 0 Å². The Morgan fingerprint density at radius 3 is 2.73 bits per heavy atom. The third-order valence-electron chi connectivity index (χ3n) is 5.78. The number of anilines is 1. The zero-order valence-corrected chi connectivity index (χ0v) is 21.1. The molecule has 2 N–H and O–H groups in total. The van der Waals surface area contributed by atoms with Gasteiger partial charge in [0.1, 0.15) is 5.82 Å². The molecule has 1 unspecified atom stereocenters. The fourth-order valence-corrected chi connectivity index (χ4v) is 4.04. The van der Waals surface area contributed by atoms with Crippen molar-refractivity contribution in [2.45, 2.75) is 13.0 Å². The third kappa shape index (κ3) is 6.21. The maximum Gasteiger partial charge on any atom is 0.193 e. The molecule has 33 heavy (non-hydrogen) atoms. The Morgan fingerprint density at radius 2 is 2.00 bits per heavy atom. The maximum absolute atomic E-state index is 13.6. The van der Waals surface area contributed by atoms with Gasteiger partial charge in [0, 0.05) is 45.5 Å². The summed E-state index contributed by atoms with van der Waals surface area (Å²) in [4.78, 5) is 16.4. The number of hydrogen-bond donors (Lipinski definition) is 2. The van der Waals surface area contributed by atoms with E-state index in [4.69, 9.17) is 0 Å². The number of rotatable bonds is 6. The molecule has 0 amide bonds. The topological polar surface area (TPSA) is 59.6 Å². The van der Waals surface area contributed by atoms with Gasteiger partial charge in [0.25, 0.3) is 0 Å². The molecule has 1 aliphatic heterocycles. The van der Waals surface area contributed by atoms with E-state index < -0.39 is 11.6 Å². The zero-order chi connectivity index (χ0) is 22.5. The average Bonchev–Trinajstić information content (AvgIpc) is 3.47. The first-order valence-corrected chi connectivity index (χ1v) is 10.7. The number of aromatic nitrogens is 2. The molecule has 1 saturated heterocycles. The van der Waals surface area contributed by atoms with Crippen LogP contribution in [0.2, 0.25) is 0 Å². The summed E-state index contributed by atoms with van der Waals surface area (Å²) >= 11 is 0. The minimum atomic E-state index is -0.814. The van der Waals surface area contributed by atoms with Crippen molar-refractivity contribution in [3.63, 3.8) is 0 Å². The fourth-order valence-electron chi connectivity index (χ4n) is 4.04.